The fraction of sp³-hybridized carbons (Fsp3) is 1.00. The molecule has 2 aliphatic carbocycles. The van der Waals surface area contributed by atoms with Gasteiger partial charge in [0.25, 0.3) is 5.67 Å². The molecule has 19 heteroatoms. The molecule has 0 heterocycles. The van der Waals surface area contributed by atoms with Gasteiger partial charge >= 0.3 is 36.2 Å². The van der Waals surface area contributed by atoms with E-state index in [1.54, 1.807) is 0 Å². The van der Waals surface area contributed by atoms with Gasteiger partial charge in [-0.15, -0.1) is 0 Å². The third kappa shape index (κ3) is 2.23. The summed E-state index contributed by atoms with van der Waals surface area (Å²) in [6.45, 7) is -3.42. The summed E-state index contributed by atoms with van der Waals surface area (Å²) in [5.74, 6) is -22.3. The Hall–Kier alpha value is -1.24. The van der Waals surface area contributed by atoms with E-state index in [-0.39, 0.29) is 6.92 Å². The van der Waals surface area contributed by atoms with Crippen molar-refractivity contribution < 1.29 is 84.8 Å². The van der Waals surface area contributed by atoms with E-state index in [0.717, 1.165) is 0 Å². The van der Waals surface area contributed by atoms with Crippen molar-refractivity contribution in [2.75, 3.05) is 13.7 Å². The van der Waals surface area contributed by atoms with Crippen LogP contribution < -0.4 is 0 Å². The zero-order valence-corrected chi connectivity index (χ0v) is 15.6. The van der Waals surface area contributed by atoms with Crippen LogP contribution in [0.1, 0.15) is 6.92 Å². The highest BCUT2D eigenvalue weighted by Gasteiger charge is 3.22. The van der Waals surface area contributed by atoms with Crippen LogP contribution in [0, 0.1) is 10.8 Å². The van der Waals surface area contributed by atoms with E-state index in [1.165, 1.54) is 0 Å². The predicted molar refractivity (Wildman–Crippen MR) is 69.1 cm³/mol. The summed E-state index contributed by atoms with van der Waals surface area (Å²) < 4.78 is 235. The second kappa shape index (κ2) is 6.50. The van der Waals surface area contributed by atoms with E-state index in [2.05, 4.69) is 9.47 Å². The van der Waals surface area contributed by atoms with Crippen molar-refractivity contribution in [1.82, 2.24) is 0 Å². The van der Waals surface area contributed by atoms with Crippen molar-refractivity contribution in [3.05, 3.63) is 0 Å². The Labute approximate surface area is 171 Å². The van der Waals surface area contributed by atoms with Gasteiger partial charge in [0.2, 0.25) is 10.8 Å². The maximum Gasteiger partial charge on any atom is 0.410 e. The number of methoxy groups -OCH3 is 1. The number of hydrogen-bond donors (Lipinski definition) is 1. The fourth-order valence-corrected chi connectivity index (χ4v) is 4.96. The van der Waals surface area contributed by atoms with Gasteiger partial charge in [0.1, 0.15) is 0 Å². The largest absolute Gasteiger partial charge is 0.410 e. The quantitative estimate of drug-likeness (QED) is 0.410. The Morgan fingerprint density at radius 3 is 1.39 bits per heavy atom. The van der Waals surface area contributed by atoms with Crippen molar-refractivity contribution in [2.24, 2.45) is 10.8 Å². The number of hydrogen-bond acceptors (Lipinski definition) is 3. The first kappa shape index (κ1) is 28.0. The molecule has 2 bridgehead atoms. The summed E-state index contributed by atoms with van der Waals surface area (Å²) in [5, 5.41) is 8.86. The van der Waals surface area contributed by atoms with Crippen LogP contribution in [0.5, 0.6) is 0 Å². The highest BCUT2D eigenvalue weighted by molar-refractivity contribution is 5.50. The first-order valence-corrected chi connectivity index (χ1v) is 8.10. The van der Waals surface area contributed by atoms with Crippen molar-refractivity contribution in [2.45, 2.75) is 60.8 Å². The van der Waals surface area contributed by atoms with E-state index in [1.807, 2.05) is 0 Å². The Balaban J connectivity index is 3.41. The van der Waals surface area contributed by atoms with Gasteiger partial charge in [-0.05, 0) is 6.92 Å². The van der Waals surface area contributed by atoms with E-state index >= 15 is 13.2 Å². The number of rotatable bonds is 4. The number of fused-ring (bicyclic) bond motifs is 2. The zero-order valence-electron chi connectivity index (χ0n) is 15.6. The summed E-state index contributed by atoms with van der Waals surface area (Å²) in [6.07, 6.45) is -26.8. The molecule has 2 saturated carbocycles. The van der Waals surface area contributed by atoms with Crippen LogP contribution in [-0.4, -0.2) is 72.7 Å². The Morgan fingerprint density at radius 1 is 0.727 bits per heavy atom. The van der Waals surface area contributed by atoms with Gasteiger partial charge in [0.15, 0.2) is 12.0 Å². The second-order valence-electron chi connectivity index (χ2n) is 7.31. The SMILES string of the molecule is COC1(F)C(F)(F)C2(F)C(F)(F)C1(C(F)(F)F)C(F)(COC(C)O)C2(C(F)(F)F)C(F)(F)F. The summed E-state index contributed by atoms with van der Waals surface area (Å²) >= 11 is 0. The monoisotopic (exact) mass is 530 g/mol. The van der Waals surface area contributed by atoms with Gasteiger partial charge in [0.05, 0.1) is 6.61 Å². The summed E-state index contributed by atoms with van der Waals surface area (Å²) in [6, 6.07) is 0. The molecule has 3 nitrogen and oxygen atoms in total. The molecule has 2 fully saturated rings. The average molecular weight is 530 g/mol. The molecule has 0 saturated heterocycles. The van der Waals surface area contributed by atoms with E-state index < -0.39 is 78.4 Å². The molecule has 0 radical (unpaired) electrons. The van der Waals surface area contributed by atoms with Gasteiger partial charge in [-0.2, -0.15) is 48.3 Å². The predicted octanol–water partition coefficient (Wildman–Crippen LogP) is 5.03. The lowest BCUT2D eigenvalue weighted by Gasteiger charge is -2.57. The van der Waals surface area contributed by atoms with Crippen molar-refractivity contribution in [3.63, 3.8) is 0 Å². The summed E-state index contributed by atoms with van der Waals surface area (Å²) in [5.41, 5.74) is -30.6. The smallest absolute Gasteiger partial charge is 0.368 e. The van der Waals surface area contributed by atoms with Crippen LogP contribution in [-0.2, 0) is 9.47 Å². The van der Waals surface area contributed by atoms with E-state index in [4.69, 9.17) is 5.11 Å². The number of aliphatic hydroxyl groups is 1. The molecule has 0 amide bonds. The Bertz CT molecular complexity index is 788. The van der Waals surface area contributed by atoms with Crippen molar-refractivity contribution >= 4 is 0 Å². The molecule has 2 rings (SSSR count). The van der Waals surface area contributed by atoms with Crippen molar-refractivity contribution in [3.8, 4) is 0 Å². The van der Waals surface area contributed by atoms with E-state index in [0.29, 0.717) is 0 Å². The number of aliphatic hydroxyl groups excluding tert-OH is 1. The van der Waals surface area contributed by atoms with Crippen LogP contribution in [0.15, 0.2) is 0 Å². The molecule has 0 aromatic carbocycles. The molecule has 196 valence electrons. The number of halogens is 16. The first-order valence-electron chi connectivity index (χ1n) is 8.10. The van der Waals surface area contributed by atoms with Crippen LogP contribution in [0.2, 0.25) is 0 Å². The van der Waals surface area contributed by atoms with Gasteiger partial charge < -0.3 is 14.6 Å². The van der Waals surface area contributed by atoms with Gasteiger partial charge in [0, 0.05) is 7.11 Å². The highest BCUT2D eigenvalue weighted by Crippen LogP contribution is 2.93. The second-order valence-corrected chi connectivity index (χ2v) is 7.31. The maximum absolute atomic E-state index is 15.8. The zero-order chi connectivity index (χ0) is 26.7. The fourth-order valence-electron chi connectivity index (χ4n) is 4.96. The molecule has 5 unspecified atom stereocenters. The third-order valence-electron chi connectivity index (χ3n) is 6.01. The number of ether oxygens (including phenoxy) is 2. The molecule has 0 aliphatic heterocycles. The van der Waals surface area contributed by atoms with Crippen LogP contribution in [0.3, 0.4) is 0 Å². The first-order chi connectivity index (χ1) is 14.2. The average Bonchev–Trinajstić information content (AvgIpc) is 2.72. The van der Waals surface area contributed by atoms with Crippen molar-refractivity contribution in [1.29, 1.82) is 0 Å². The minimum absolute atomic E-state index is 0.205. The standard InChI is InChI=1S/C14H10F16O3/c1-4(31)33-3-5(15)6(12(22,23)24,13(25,26)27)8(16)9(17,18)7(5,14(28,29)30)11(21,32-2)10(8,19)20/h4,31H,3H2,1-2H3. The molecule has 0 spiro atoms. The molecule has 33 heavy (non-hydrogen) atoms. The summed E-state index contributed by atoms with van der Waals surface area (Å²) in [4.78, 5) is 0. The molecular formula is C14H10F16O3. The molecular weight excluding hydrogens is 520 g/mol. The topological polar surface area (TPSA) is 38.7 Å². The van der Waals surface area contributed by atoms with Crippen LogP contribution in [0.25, 0.3) is 0 Å². The van der Waals surface area contributed by atoms with Gasteiger partial charge in [-0.25, -0.2) is 22.0 Å². The Kier molecular flexibility index (Phi) is 5.51. The lowest BCUT2D eigenvalue weighted by Crippen LogP contribution is -2.85. The highest BCUT2D eigenvalue weighted by atomic mass is 19.4. The lowest BCUT2D eigenvalue weighted by atomic mass is 9.54. The summed E-state index contributed by atoms with van der Waals surface area (Å²) in [7, 11) is -0.666. The Morgan fingerprint density at radius 2 is 1.12 bits per heavy atom. The van der Waals surface area contributed by atoms with E-state index in [9.17, 15) is 57.1 Å². The third-order valence-corrected chi connectivity index (χ3v) is 6.01. The molecule has 1 N–H and O–H groups in total. The lowest BCUT2D eigenvalue weighted by molar-refractivity contribution is -0.496. The van der Waals surface area contributed by atoms with Crippen LogP contribution in [0.4, 0.5) is 70.2 Å². The molecule has 5 atom stereocenters. The van der Waals surface area contributed by atoms with Crippen LogP contribution >= 0.6 is 0 Å². The maximum atomic E-state index is 15.8. The molecule has 0 aromatic rings. The van der Waals surface area contributed by atoms with Gasteiger partial charge in [-0.1, -0.05) is 0 Å². The minimum Gasteiger partial charge on any atom is -0.368 e. The molecule has 0 aromatic heterocycles. The molecule has 2 aliphatic rings. The minimum atomic E-state index is -8.05. The number of alkyl halides is 16. The van der Waals surface area contributed by atoms with Gasteiger partial charge in [-0.3, -0.25) is 0 Å². The normalized spacial score (nSPS) is 40.8.